The molecule has 4 heteroatoms. The Labute approximate surface area is 123 Å². The van der Waals surface area contributed by atoms with E-state index in [1.54, 1.807) is 12.1 Å². The Morgan fingerprint density at radius 1 is 1.00 bits per heavy atom. The zero-order chi connectivity index (χ0) is 14.7. The molecule has 1 atom stereocenters. The second kappa shape index (κ2) is 6.35. The van der Waals surface area contributed by atoms with Crippen molar-refractivity contribution in [3.05, 3.63) is 70.0 Å². The van der Waals surface area contributed by atoms with Gasteiger partial charge in [-0.1, -0.05) is 55.8 Å². The summed E-state index contributed by atoms with van der Waals surface area (Å²) in [6.07, 6.45) is 0. The number of nitrogens with one attached hydrogen (secondary N) is 1. The molecule has 2 aromatic carbocycles. The molecule has 106 valence electrons. The summed E-state index contributed by atoms with van der Waals surface area (Å²) in [7, 11) is 0. The Hall–Kier alpha value is -1.42. The maximum atomic E-state index is 13.6. The van der Waals surface area contributed by atoms with Gasteiger partial charge in [0.1, 0.15) is 5.82 Å². The predicted octanol–water partition coefficient (Wildman–Crippen LogP) is 4.16. The molecule has 0 heterocycles. The van der Waals surface area contributed by atoms with Crippen LogP contribution in [0.1, 0.15) is 42.5 Å². The van der Waals surface area contributed by atoms with Crippen LogP contribution in [-0.4, -0.2) is 0 Å². The molecule has 0 aliphatic heterocycles. The van der Waals surface area contributed by atoms with Crippen molar-refractivity contribution < 1.29 is 4.39 Å². The Morgan fingerprint density at radius 2 is 1.55 bits per heavy atom. The molecule has 0 aliphatic rings. The maximum Gasteiger partial charge on any atom is 0.142 e. The van der Waals surface area contributed by atoms with E-state index in [-0.39, 0.29) is 11.1 Å². The van der Waals surface area contributed by atoms with Gasteiger partial charge in [0.15, 0.2) is 0 Å². The van der Waals surface area contributed by atoms with Crippen LogP contribution in [0.5, 0.6) is 0 Å². The minimum Gasteiger partial charge on any atom is -0.271 e. The summed E-state index contributed by atoms with van der Waals surface area (Å²) in [6, 6.07) is 12.6. The second-order valence-electron chi connectivity index (χ2n) is 5.09. The average molecular weight is 293 g/mol. The highest BCUT2D eigenvalue weighted by molar-refractivity contribution is 6.30. The Bertz CT molecular complexity index is 582. The SMILES string of the molecule is CC(C)c1ccc(C(NN)c2ccc(Cl)c(F)c2)cc1. The van der Waals surface area contributed by atoms with Crippen molar-refractivity contribution in [2.45, 2.75) is 25.8 Å². The van der Waals surface area contributed by atoms with Crippen LogP contribution in [0.4, 0.5) is 4.39 Å². The maximum absolute atomic E-state index is 13.6. The van der Waals surface area contributed by atoms with Gasteiger partial charge in [-0.25, -0.2) is 9.82 Å². The number of hydrogen-bond acceptors (Lipinski definition) is 2. The highest BCUT2D eigenvalue weighted by Crippen LogP contribution is 2.26. The number of nitrogens with two attached hydrogens (primary N) is 1. The summed E-state index contributed by atoms with van der Waals surface area (Å²) in [5.74, 6) is 5.65. The largest absolute Gasteiger partial charge is 0.271 e. The fourth-order valence-electron chi connectivity index (χ4n) is 2.15. The third kappa shape index (κ3) is 3.18. The van der Waals surface area contributed by atoms with E-state index in [1.807, 2.05) is 12.1 Å². The molecule has 0 saturated carbocycles. The van der Waals surface area contributed by atoms with Gasteiger partial charge in [-0.2, -0.15) is 0 Å². The molecule has 2 rings (SSSR count). The lowest BCUT2D eigenvalue weighted by molar-refractivity contribution is 0.605. The fraction of sp³-hybridized carbons (Fsp3) is 0.250. The molecule has 0 aliphatic carbocycles. The Kier molecular flexibility index (Phi) is 4.76. The molecule has 0 bridgehead atoms. The van der Waals surface area contributed by atoms with Gasteiger partial charge in [0.2, 0.25) is 0 Å². The van der Waals surface area contributed by atoms with Crippen LogP contribution < -0.4 is 11.3 Å². The summed E-state index contributed by atoms with van der Waals surface area (Å²) >= 11 is 5.70. The average Bonchev–Trinajstić information content (AvgIpc) is 2.44. The Morgan fingerprint density at radius 3 is 2.05 bits per heavy atom. The third-order valence-electron chi connectivity index (χ3n) is 3.38. The second-order valence-corrected chi connectivity index (χ2v) is 5.50. The first kappa shape index (κ1) is 15.0. The zero-order valence-corrected chi connectivity index (χ0v) is 12.3. The fourth-order valence-corrected chi connectivity index (χ4v) is 2.27. The first-order valence-electron chi connectivity index (χ1n) is 6.54. The molecule has 0 saturated heterocycles. The first-order chi connectivity index (χ1) is 9.52. The van der Waals surface area contributed by atoms with E-state index in [2.05, 4.69) is 31.4 Å². The molecule has 1 unspecified atom stereocenters. The van der Waals surface area contributed by atoms with Gasteiger partial charge in [-0.05, 0) is 34.7 Å². The van der Waals surface area contributed by atoms with Crippen LogP contribution in [0.2, 0.25) is 5.02 Å². The summed E-state index contributed by atoms with van der Waals surface area (Å²) in [6.45, 7) is 4.28. The predicted molar refractivity (Wildman–Crippen MR) is 81.1 cm³/mol. The highest BCUT2D eigenvalue weighted by Gasteiger charge is 2.14. The van der Waals surface area contributed by atoms with E-state index in [0.717, 1.165) is 11.1 Å². The topological polar surface area (TPSA) is 38.0 Å². The lowest BCUT2D eigenvalue weighted by atomic mass is 9.95. The number of benzene rings is 2. The number of halogens is 2. The molecule has 3 N–H and O–H groups in total. The van der Waals surface area contributed by atoms with Crippen LogP contribution in [0, 0.1) is 5.82 Å². The van der Waals surface area contributed by atoms with Crippen LogP contribution >= 0.6 is 11.6 Å². The van der Waals surface area contributed by atoms with Crippen molar-refractivity contribution in [2.24, 2.45) is 5.84 Å². The van der Waals surface area contributed by atoms with Gasteiger partial charge >= 0.3 is 0 Å². The van der Waals surface area contributed by atoms with Gasteiger partial charge in [-0.3, -0.25) is 5.84 Å². The van der Waals surface area contributed by atoms with E-state index < -0.39 is 5.82 Å². The molecule has 2 nitrogen and oxygen atoms in total. The quantitative estimate of drug-likeness (QED) is 0.656. The molecule has 0 fully saturated rings. The summed E-state index contributed by atoms with van der Waals surface area (Å²) in [5.41, 5.74) is 5.70. The van der Waals surface area contributed by atoms with Crippen molar-refractivity contribution in [2.75, 3.05) is 0 Å². The minimum absolute atomic E-state index is 0.111. The molecule has 0 aromatic heterocycles. The van der Waals surface area contributed by atoms with E-state index in [9.17, 15) is 4.39 Å². The minimum atomic E-state index is -0.441. The van der Waals surface area contributed by atoms with Crippen molar-refractivity contribution in [1.82, 2.24) is 5.43 Å². The van der Waals surface area contributed by atoms with Crippen molar-refractivity contribution in [3.63, 3.8) is 0 Å². The van der Waals surface area contributed by atoms with Gasteiger partial charge in [0, 0.05) is 0 Å². The third-order valence-corrected chi connectivity index (χ3v) is 3.69. The van der Waals surface area contributed by atoms with E-state index in [4.69, 9.17) is 17.4 Å². The molecule has 0 radical (unpaired) electrons. The van der Waals surface area contributed by atoms with Crippen LogP contribution in [0.3, 0.4) is 0 Å². The van der Waals surface area contributed by atoms with E-state index >= 15 is 0 Å². The van der Waals surface area contributed by atoms with Crippen LogP contribution in [0.15, 0.2) is 42.5 Å². The van der Waals surface area contributed by atoms with Gasteiger partial charge < -0.3 is 0 Å². The van der Waals surface area contributed by atoms with Gasteiger partial charge in [0.05, 0.1) is 11.1 Å². The van der Waals surface area contributed by atoms with Crippen molar-refractivity contribution in [1.29, 1.82) is 0 Å². The summed E-state index contributed by atoms with van der Waals surface area (Å²) < 4.78 is 13.6. The van der Waals surface area contributed by atoms with Crippen molar-refractivity contribution >= 4 is 11.6 Å². The van der Waals surface area contributed by atoms with Crippen LogP contribution in [-0.2, 0) is 0 Å². The van der Waals surface area contributed by atoms with Crippen molar-refractivity contribution in [3.8, 4) is 0 Å². The number of hydrogen-bond donors (Lipinski definition) is 2. The lowest BCUT2D eigenvalue weighted by Crippen LogP contribution is -2.28. The van der Waals surface area contributed by atoms with Gasteiger partial charge in [-0.15, -0.1) is 0 Å². The summed E-state index contributed by atoms with van der Waals surface area (Å²) in [5, 5.41) is 0.111. The van der Waals surface area contributed by atoms with E-state index in [1.165, 1.54) is 11.6 Å². The molecule has 2 aromatic rings. The molecule has 0 amide bonds. The standard InChI is InChI=1S/C16H18ClFN2/c1-10(2)11-3-5-12(6-4-11)16(20-19)13-7-8-14(17)15(18)9-13/h3-10,16,20H,19H2,1-2H3. The van der Waals surface area contributed by atoms with Gasteiger partial charge in [0.25, 0.3) is 0 Å². The lowest BCUT2D eigenvalue weighted by Gasteiger charge is -2.18. The molecule has 0 spiro atoms. The molecular formula is C16H18ClFN2. The summed E-state index contributed by atoms with van der Waals surface area (Å²) in [4.78, 5) is 0. The zero-order valence-electron chi connectivity index (χ0n) is 11.5. The van der Waals surface area contributed by atoms with E-state index in [0.29, 0.717) is 5.92 Å². The molecule has 20 heavy (non-hydrogen) atoms. The normalized spacial score (nSPS) is 12.7. The Balaban J connectivity index is 2.33. The smallest absolute Gasteiger partial charge is 0.142 e. The number of hydrazine groups is 1. The first-order valence-corrected chi connectivity index (χ1v) is 6.91. The molecular weight excluding hydrogens is 275 g/mol. The highest BCUT2D eigenvalue weighted by atomic mass is 35.5. The monoisotopic (exact) mass is 292 g/mol. The van der Waals surface area contributed by atoms with Crippen LogP contribution in [0.25, 0.3) is 0 Å². The number of rotatable bonds is 4.